The molecular formula is C24H21F3N8O3. The summed E-state index contributed by atoms with van der Waals surface area (Å²) in [4.78, 5) is 29.5. The number of H-pyrrole nitrogens is 1. The number of benzene rings is 1. The molecule has 0 fully saturated rings. The van der Waals surface area contributed by atoms with Gasteiger partial charge in [-0.2, -0.15) is 18.3 Å². The highest BCUT2D eigenvalue weighted by atomic mass is 19.4. The molecule has 0 bridgehead atoms. The van der Waals surface area contributed by atoms with Gasteiger partial charge in [0.05, 0.1) is 23.4 Å². The van der Waals surface area contributed by atoms with E-state index in [0.29, 0.717) is 17.8 Å². The van der Waals surface area contributed by atoms with Crippen LogP contribution in [0.4, 0.5) is 35.2 Å². The van der Waals surface area contributed by atoms with Gasteiger partial charge in [0.2, 0.25) is 24.5 Å². The number of hydrogen-bond acceptors (Lipinski definition) is 6. The Bertz CT molecular complexity index is 1450. The fraction of sp³-hybridized carbons (Fsp3) is 0.250. The van der Waals surface area contributed by atoms with Crippen LogP contribution < -0.4 is 15.3 Å². The maximum absolute atomic E-state index is 13.6. The molecule has 0 spiro atoms. The van der Waals surface area contributed by atoms with Crippen LogP contribution in [0, 0.1) is 0 Å². The first kappa shape index (κ1) is 24.9. The summed E-state index contributed by atoms with van der Waals surface area (Å²) in [5, 5.41) is 19.0. The minimum absolute atomic E-state index is 0.125. The standard InChI is InChI=1S/C24H21F3N8O3/c25-24(26,27)15-8-17(30-22(36)19-6-3-4-14-11-29-33-21(14)19)10-18(9-15)31-23(37)32-20-13-35(34-38-20)12-16-5-1-2-7-28-16/h1-2,5,7-11,13,19H,3-4,6,12H2,(H3-,29,30,31,32,33,34,36,37). The lowest BCUT2D eigenvalue weighted by atomic mass is 9.87. The van der Waals surface area contributed by atoms with Crippen molar-refractivity contribution in [3.63, 3.8) is 0 Å². The Morgan fingerprint density at radius 2 is 2.00 bits per heavy atom. The average molecular weight is 526 g/mol. The number of aromatic amines is 1. The fourth-order valence-corrected chi connectivity index (χ4v) is 4.19. The van der Waals surface area contributed by atoms with E-state index in [1.165, 1.54) is 16.9 Å². The molecule has 1 atom stereocenters. The van der Waals surface area contributed by atoms with Gasteiger partial charge in [0.25, 0.3) is 0 Å². The topological polar surface area (TPSA) is 144 Å². The SMILES string of the molecule is O=C([N-]c1c[n+](Cc2ccccn2)no1)Nc1cc(NC(=O)C2CCCc3cn[nH]c32)cc(C(F)(F)F)c1. The predicted octanol–water partition coefficient (Wildman–Crippen LogP) is 4.44. The van der Waals surface area contributed by atoms with Crippen LogP contribution in [0.5, 0.6) is 0 Å². The summed E-state index contributed by atoms with van der Waals surface area (Å²) in [6.07, 6.45) is 1.93. The van der Waals surface area contributed by atoms with Gasteiger partial charge < -0.3 is 20.5 Å². The second-order valence-corrected chi connectivity index (χ2v) is 8.64. The number of amides is 3. The molecule has 14 heteroatoms. The van der Waals surface area contributed by atoms with Crippen molar-refractivity contribution in [1.29, 1.82) is 0 Å². The molecule has 3 N–H and O–H groups in total. The Hall–Kier alpha value is -4.75. The van der Waals surface area contributed by atoms with Gasteiger partial charge in [-0.15, -0.1) is 0 Å². The zero-order valence-corrected chi connectivity index (χ0v) is 19.7. The number of aryl methyl sites for hydroxylation is 1. The van der Waals surface area contributed by atoms with Crippen LogP contribution in [0.2, 0.25) is 0 Å². The van der Waals surface area contributed by atoms with Gasteiger partial charge in [-0.3, -0.25) is 19.7 Å². The summed E-state index contributed by atoms with van der Waals surface area (Å²) in [7, 11) is 0. The highest BCUT2D eigenvalue weighted by Crippen LogP contribution is 2.35. The Labute approximate surface area is 213 Å². The lowest BCUT2D eigenvalue weighted by Crippen LogP contribution is -2.35. The summed E-state index contributed by atoms with van der Waals surface area (Å²) in [5.41, 5.74) is 0.862. The maximum atomic E-state index is 13.6. The van der Waals surface area contributed by atoms with Gasteiger partial charge in [-0.1, -0.05) is 6.07 Å². The van der Waals surface area contributed by atoms with Gasteiger partial charge in [0, 0.05) is 11.9 Å². The van der Waals surface area contributed by atoms with Crippen LogP contribution in [0.25, 0.3) is 5.32 Å². The number of pyridine rings is 1. The van der Waals surface area contributed by atoms with E-state index in [1.54, 1.807) is 30.6 Å². The largest absolute Gasteiger partial charge is 0.424 e. The second-order valence-electron chi connectivity index (χ2n) is 8.64. The van der Waals surface area contributed by atoms with E-state index in [2.05, 4.69) is 36.4 Å². The minimum atomic E-state index is -4.72. The van der Waals surface area contributed by atoms with Crippen molar-refractivity contribution >= 4 is 29.2 Å². The molecule has 38 heavy (non-hydrogen) atoms. The first-order chi connectivity index (χ1) is 18.2. The Morgan fingerprint density at radius 1 is 1.18 bits per heavy atom. The number of aromatic nitrogens is 5. The molecule has 3 aromatic heterocycles. The van der Waals surface area contributed by atoms with Crippen molar-refractivity contribution in [2.24, 2.45) is 0 Å². The first-order valence-electron chi connectivity index (χ1n) is 11.6. The normalized spacial score (nSPS) is 15.0. The number of rotatable bonds is 6. The third-order valence-electron chi connectivity index (χ3n) is 5.89. The molecule has 5 rings (SSSR count). The van der Waals surface area contributed by atoms with E-state index in [4.69, 9.17) is 4.52 Å². The predicted molar refractivity (Wildman–Crippen MR) is 126 cm³/mol. The van der Waals surface area contributed by atoms with Crippen molar-refractivity contribution in [3.8, 4) is 0 Å². The Balaban J connectivity index is 1.28. The van der Waals surface area contributed by atoms with Crippen LogP contribution in [0.1, 0.15) is 41.3 Å². The number of alkyl halides is 3. The summed E-state index contributed by atoms with van der Waals surface area (Å²) in [6, 6.07) is 7.12. The van der Waals surface area contributed by atoms with Crippen LogP contribution in [0.3, 0.4) is 0 Å². The number of hydrogen-bond donors (Lipinski definition) is 3. The molecule has 0 saturated heterocycles. The van der Waals surface area contributed by atoms with Crippen LogP contribution in [-0.4, -0.2) is 32.4 Å². The van der Waals surface area contributed by atoms with Crippen molar-refractivity contribution in [3.05, 3.63) is 82.8 Å². The average Bonchev–Trinajstić information content (AvgIpc) is 3.53. The molecule has 4 aromatic rings. The van der Waals surface area contributed by atoms with Gasteiger partial charge in [-0.25, -0.2) is 0 Å². The summed E-state index contributed by atoms with van der Waals surface area (Å²) in [5.74, 6) is -1.21. The Morgan fingerprint density at radius 3 is 2.76 bits per heavy atom. The molecule has 0 saturated carbocycles. The third-order valence-corrected chi connectivity index (χ3v) is 5.89. The van der Waals surface area contributed by atoms with Crippen molar-refractivity contribution < 1.29 is 32.0 Å². The molecule has 3 amide bonds. The number of carbonyl (C=O) groups excluding carboxylic acids is 2. The van der Waals surface area contributed by atoms with Crippen LogP contribution in [-0.2, 0) is 23.9 Å². The smallest absolute Gasteiger partial charge is 0.416 e. The van der Waals surface area contributed by atoms with Crippen LogP contribution >= 0.6 is 0 Å². The molecule has 1 aliphatic carbocycles. The number of nitrogens with zero attached hydrogens (tertiary/aromatic N) is 5. The quantitative estimate of drug-likeness (QED) is 0.317. The van der Waals surface area contributed by atoms with Crippen molar-refractivity contribution in [2.75, 3.05) is 10.6 Å². The Kier molecular flexibility index (Phi) is 6.77. The minimum Gasteiger partial charge on any atom is -0.424 e. The van der Waals surface area contributed by atoms with Gasteiger partial charge in [0.15, 0.2) is 11.3 Å². The lowest BCUT2D eigenvalue weighted by Gasteiger charge is -2.22. The van der Waals surface area contributed by atoms with E-state index in [0.717, 1.165) is 30.5 Å². The monoisotopic (exact) mass is 526 g/mol. The van der Waals surface area contributed by atoms with Gasteiger partial charge in [0.1, 0.15) is 5.69 Å². The van der Waals surface area contributed by atoms with Gasteiger partial charge >= 0.3 is 6.18 Å². The lowest BCUT2D eigenvalue weighted by molar-refractivity contribution is -0.755. The van der Waals surface area contributed by atoms with E-state index in [-0.39, 0.29) is 23.8 Å². The summed E-state index contributed by atoms with van der Waals surface area (Å²) in [6.45, 7) is 0.263. The molecule has 11 nitrogen and oxygen atoms in total. The molecule has 1 aromatic carbocycles. The van der Waals surface area contributed by atoms with Crippen LogP contribution in [0.15, 0.2) is 59.5 Å². The summed E-state index contributed by atoms with van der Waals surface area (Å²) < 4.78 is 47.1. The summed E-state index contributed by atoms with van der Waals surface area (Å²) >= 11 is 0. The molecule has 0 radical (unpaired) electrons. The van der Waals surface area contributed by atoms with E-state index in [9.17, 15) is 22.8 Å². The number of fused-ring (bicyclic) bond motifs is 1. The van der Waals surface area contributed by atoms with E-state index in [1.807, 2.05) is 0 Å². The number of carbonyl (C=O) groups is 2. The fourth-order valence-electron chi connectivity index (χ4n) is 4.19. The molecule has 3 heterocycles. The second kappa shape index (κ2) is 10.3. The molecule has 1 unspecified atom stereocenters. The maximum Gasteiger partial charge on any atom is 0.416 e. The third kappa shape index (κ3) is 5.79. The van der Waals surface area contributed by atoms with Crippen molar-refractivity contribution in [1.82, 2.24) is 20.5 Å². The number of halogens is 3. The molecular weight excluding hydrogens is 505 g/mol. The number of anilines is 2. The number of urea groups is 1. The molecule has 1 aliphatic rings. The zero-order chi connectivity index (χ0) is 26.7. The zero-order valence-electron chi connectivity index (χ0n) is 19.7. The highest BCUT2D eigenvalue weighted by Gasteiger charge is 2.32. The number of nitrogens with one attached hydrogen (secondary N) is 3. The van der Waals surface area contributed by atoms with Crippen molar-refractivity contribution in [2.45, 2.75) is 37.9 Å². The molecule has 0 aliphatic heterocycles. The highest BCUT2D eigenvalue weighted by molar-refractivity contribution is 6.04. The van der Waals surface area contributed by atoms with E-state index < -0.39 is 29.6 Å². The van der Waals surface area contributed by atoms with E-state index >= 15 is 0 Å². The van der Waals surface area contributed by atoms with Gasteiger partial charge in [-0.05, 0) is 65.5 Å². The first-order valence-corrected chi connectivity index (χ1v) is 11.6. The molecule has 196 valence electrons.